The van der Waals surface area contributed by atoms with Crippen LogP contribution in [0.15, 0.2) is 11.4 Å². The number of hydrogen-bond acceptors (Lipinski definition) is 2. The number of aryl methyl sites for hydroxylation is 1. The molecule has 1 heterocycles. The average molecular weight is 192 g/mol. The van der Waals surface area contributed by atoms with Crippen molar-refractivity contribution >= 4 is 27.5 Å². The molecule has 1 aromatic rings. The second-order valence-electron chi connectivity index (χ2n) is 1.43. The number of halogens is 1. The Morgan fingerprint density at radius 2 is 2.62 bits per heavy atom. The van der Waals surface area contributed by atoms with E-state index in [1.807, 2.05) is 11.4 Å². The highest BCUT2D eigenvalue weighted by atomic mass is 79.9. The van der Waals surface area contributed by atoms with Gasteiger partial charge in [0.15, 0.2) is 0 Å². The van der Waals surface area contributed by atoms with Crippen LogP contribution in [0.1, 0.15) is 5.69 Å². The van der Waals surface area contributed by atoms with Crippen LogP contribution in [-0.4, -0.2) is 9.70 Å². The highest BCUT2D eigenvalue weighted by molar-refractivity contribution is 9.09. The van der Waals surface area contributed by atoms with E-state index in [1.54, 1.807) is 0 Å². The van der Waals surface area contributed by atoms with Gasteiger partial charge >= 0.3 is 0 Å². The first-order valence-corrected chi connectivity index (χ1v) is 4.34. The fourth-order valence-corrected chi connectivity index (χ4v) is 1.44. The van der Waals surface area contributed by atoms with Crippen molar-refractivity contribution in [1.29, 1.82) is 0 Å². The fraction of sp³-hybridized carbons (Fsp3) is 0.400. The predicted molar refractivity (Wildman–Crippen MR) is 39.6 cm³/mol. The molecule has 0 radical (unpaired) electrons. The van der Waals surface area contributed by atoms with Gasteiger partial charge in [-0.25, -0.2) is 0 Å². The highest BCUT2D eigenvalue weighted by Crippen LogP contribution is 2.01. The van der Waals surface area contributed by atoms with Gasteiger partial charge in [-0.15, -0.1) is 0 Å². The lowest BCUT2D eigenvalue weighted by atomic mass is 10.4. The van der Waals surface area contributed by atoms with Gasteiger partial charge in [-0.05, 0) is 17.6 Å². The van der Waals surface area contributed by atoms with Gasteiger partial charge in [0.25, 0.3) is 0 Å². The SMILES string of the molecule is BrCCc1ccsn1. The molecule has 0 saturated carbocycles. The lowest BCUT2D eigenvalue weighted by Gasteiger charge is -1.83. The number of alkyl halides is 1. The molecular weight excluding hydrogens is 186 g/mol. The third kappa shape index (κ3) is 1.56. The van der Waals surface area contributed by atoms with E-state index in [1.165, 1.54) is 17.2 Å². The molecule has 0 aliphatic carbocycles. The van der Waals surface area contributed by atoms with E-state index in [9.17, 15) is 0 Å². The van der Waals surface area contributed by atoms with Crippen LogP contribution in [-0.2, 0) is 6.42 Å². The van der Waals surface area contributed by atoms with Gasteiger partial charge in [0.05, 0.1) is 5.69 Å². The summed E-state index contributed by atoms with van der Waals surface area (Å²) < 4.78 is 4.12. The molecule has 8 heavy (non-hydrogen) atoms. The van der Waals surface area contributed by atoms with Crippen LogP contribution in [0.2, 0.25) is 0 Å². The van der Waals surface area contributed by atoms with Crippen LogP contribution in [0, 0.1) is 0 Å². The van der Waals surface area contributed by atoms with Gasteiger partial charge in [0, 0.05) is 17.1 Å². The van der Waals surface area contributed by atoms with Gasteiger partial charge in [-0.2, -0.15) is 4.37 Å². The van der Waals surface area contributed by atoms with E-state index < -0.39 is 0 Å². The lowest BCUT2D eigenvalue weighted by molar-refractivity contribution is 1.11. The van der Waals surface area contributed by atoms with Crippen molar-refractivity contribution in [2.75, 3.05) is 5.33 Å². The second kappa shape index (κ2) is 3.20. The molecule has 0 aliphatic rings. The first kappa shape index (κ1) is 6.23. The maximum absolute atomic E-state index is 4.12. The van der Waals surface area contributed by atoms with Crippen molar-refractivity contribution in [2.45, 2.75) is 6.42 Å². The topological polar surface area (TPSA) is 12.9 Å². The molecular formula is C5H6BrNS. The Kier molecular flexibility index (Phi) is 2.49. The predicted octanol–water partition coefficient (Wildman–Crippen LogP) is 2.08. The summed E-state index contributed by atoms with van der Waals surface area (Å²) in [7, 11) is 0. The first-order valence-electron chi connectivity index (χ1n) is 2.38. The number of hydrogen-bond donors (Lipinski definition) is 0. The lowest BCUT2D eigenvalue weighted by Crippen LogP contribution is -1.81. The van der Waals surface area contributed by atoms with Crippen LogP contribution >= 0.6 is 27.5 Å². The quantitative estimate of drug-likeness (QED) is 0.653. The van der Waals surface area contributed by atoms with Crippen LogP contribution in [0.5, 0.6) is 0 Å². The summed E-state index contributed by atoms with van der Waals surface area (Å²) in [6.45, 7) is 0. The molecule has 0 unspecified atom stereocenters. The minimum absolute atomic E-state index is 1.01. The summed E-state index contributed by atoms with van der Waals surface area (Å²) in [4.78, 5) is 0. The number of nitrogens with zero attached hydrogens (tertiary/aromatic N) is 1. The Hall–Kier alpha value is 0.110. The molecule has 0 atom stereocenters. The molecule has 0 bridgehead atoms. The van der Waals surface area contributed by atoms with E-state index in [2.05, 4.69) is 20.3 Å². The maximum Gasteiger partial charge on any atom is 0.0550 e. The minimum atomic E-state index is 1.01. The van der Waals surface area contributed by atoms with Crippen molar-refractivity contribution in [3.8, 4) is 0 Å². The third-order valence-electron chi connectivity index (χ3n) is 0.842. The van der Waals surface area contributed by atoms with E-state index in [-0.39, 0.29) is 0 Å². The summed E-state index contributed by atoms with van der Waals surface area (Å²) in [5, 5.41) is 3.01. The second-order valence-corrected chi connectivity index (χ2v) is 2.89. The zero-order valence-corrected chi connectivity index (χ0v) is 6.70. The third-order valence-corrected chi connectivity index (χ3v) is 1.84. The zero-order chi connectivity index (χ0) is 5.82. The first-order chi connectivity index (χ1) is 3.93. The minimum Gasteiger partial charge on any atom is -0.198 e. The average Bonchev–Trinajstić information content (AvgIpc) is 2.19. The van der Waals surface area contributed by atoms with Gasteiger partial charge in [0.2, 0.25) is 0 Å². The van der Waals surface area contributed by atoms with E-state index in [0.29, 0.717) is 0 Å². The Balaban J connectivity index is 2.50. The molecule has 44 valence electrons. The van der Waals surface area contributed by atoms with Gasteiger partial charge in [-0.1, -0.05) is 15.9 Å². The van der Waals surface area contributed by atoms with Gasteiger partial charge in [0.1, 0.15) is 0 Å². The summed E-state index contributed by atoms with van der Waals surface area (Å²) >= 11 is 4.84. The molecule has 0 spiro atoms. The van der Waals surface area contributed by atoms with Crippen LogP contribution < -0.4 is 0 Å². The molecule has 1 nitrogen and oxygen atoms in total. The normalized spacial score (nSPS) is 9.62. The largest absolute Gasteiger partial charge is 0.198 e. The molecule has 0 amide bonds. The fourth-order valence-electron chi connectivity index (χ4n) is 0.463. The van der Waals surface area contributed by atoms with E-state index in [4.69, 9.17) is 0 Å². The Morgan fingerprint density at radius 1 is 1.75 bits per heavy atom. The standard InChI is InChI=1S/C5H6BrNS/c6-3-1-5-2-4-8-7-5/h2,4H,1,3H2. The van der Waals surface area contributed by atoms with E-state index >= 15 is 0 Å². The van der Waals surface area contributed by atoms with Crippen LogP contribution in [0.3, 0.4) is 0 Å². The summed E-state index contributed by atoms with van der Waals surface area (Å²) in [6, 6.07) is 2.05. The maximum atomic E-state index is 4.12. The van der Waals surface area contributed by atoms with Crippen molar-refractivity contribution in [2.24, 2.45) is 0 Å². The molecule has 0 fully saturated rings. The van der Waals surface area contributed by atoms with Gasteiger partial charge in [-0.3, -0.25) is 0 Å². The summed E-state index contributed by atoms with van der Waals surface area (Å²) in [5.41, 5.74) is 1.19. The molecule has 3 heteroatoms. The molecule has 0 aromatic carbocycles. The smallest absolute Gasteiger partial charge is 0.0550 e. The Bertz CT molecular complexity index is 138. The van der Waals surface area contributed by atoms with Crippen molar-refractivity contribution in [3.05, 3.63) is 17.1 Å². The zero-order valence-electron chi connectivity index (χ0n) is 4.30. The molecule has 0 saturated heterocycles. The van der Waals surface area contributed by atoms with Gasteiger partial charge < -0.3 is 0 Å². The van der Waals surface area contributed by atoms with Crippen molar-refractivity contribution < 1.29 is 0 Å². The molecule has 0 aliphatic heterocycles. The summed E-state index contributed by atoms with van der Waals surface area (Å²) in [5.74, 6) is 0. The number of rotatable bonds is 2. The molecule has 0 N–H and O–H groups in total. The number of aromatic nitrogens is 1. The Labute approximate surface area is 61.0 Å². The van der Waals surface area contributed by atoms with Crippen molar-refractivity contribution in [1.82, 2.24) is 4.37 Å². The van der Waals surface area contributed by atoms with E-state index in [0.717, 1.165) is 11.8 Å². The van der Waals surface area contributed by atoms with Crippen molar-refractivity contribution in [3.63, 3.8) is 0 Å². The monoisotopic (exact) mass is 191 g/mol. The van der Waals surface area contributed by atoms with Crippen LogP contribution in [0.25, 0.3) is 0 Å². The summed E-state index contributed by atoms with van der Waals surface area (Å²) in [6.07, 6.45) is 1.05. The Morgan fingerprint density at radius 3 is 3.12 bits per heavy atom. The molecule has 1 rings (SSSR count). The highest BCUT2D eigenvalue weighted by Gasteiger charge is 1.89. The molecule has 1 aromatic heterocycles. The van der Waals surface area contributed by atoms with Crippen LogP contribution in [0.4, 0.5) is 0 Å².